The van der Waals surface area contributed by atoms with Gasteiger partial charge in [-0.2, -0.15) is 0 Å². The molecule has 1 rings (SSSR count). The molecule has 2 nitrogen and oxygen atoms in total. The SMILES string of the molecule is CC(C)CN(CCNCc1ccccc1)C(C)C. The molecular weight excluding hydrogens is 220 g/mol. The Balaban J connectivity index is 2.23. The molecule has 0 saturated carbocycles. The van der Waals surface area contributed by atoms with Crippen LogP contribution < -0.4 is 5.32 Å². The minimum atomic E-state index is 0.630. The predicted molar refractivity (Wildman–Crippen MR) is 79.7 cm³/mol. The van der Waals surface area contributed by atoms with Crippen LogP contribution in [-0.2, 0) is 6.54 Å². The molecule has 0 fully saturated rings. The largest absolute Gasteiger partial charge is 0.311 e. The molecule has 0 unspecified atom stereocenters. The van der Waals surface area contributed by atoms with E-state index in [4.69, 9.17) is 0 Å². The van der Waals surface area contributed by atoms with E-state index < -0.39 is 0 Å². The van der Waals surface area contributed by atoms with Crippen molar-refractivity contribution in [3.63, 3.8) is 0 Å². The van der Waals surface area contributed by atoms with E-state index in [9.17, 15) is 0 Å². The van der Waals surface area contributed by atoms with Crippen LogP contribution in [-0.4, -0.2) is 30.6 Å². The lowest BCUT2D eigenvalue weighted by Crippen LogP contribution is -2.39. The molecule has 0 heterocycles. The first-order valence-electron chi connectivity index (χ1n) is 7.08. The first-order chi connectivity index (χ1) is 8.59. The lowest BCUT2D eigenvalue weighted by molar-refractivity contribution is 0.198. The third-order valence-electron chi connectivity index (χ3n) is 3.08. The maximum Gasteiger partial charge on any atom is 0.0206 e. The van der Waals surface area contributed by atoms with Gasteiger partial charge in [-0.1, -0.05) is 44.2 Å². The highest BCUT2D eigenvalue weighted by atomic mass is 15.2. The van der Waals surface area contributed by atoms with Gasteiger partial charge in [0.25, 0.3) is 0 Å². The molecule has 2 heteroatoms. The fourth-order valence-corrected chi connectivity index (χ4v) is 2.08. The minimum absolute atomic E-state index is 0.630. The minimum Gasteiger partial charge on any atom is -0.311 e. The van der Waals surface area contributed by atoms with Crippen LogP contribution >= 0.6 is 0 Å². The van der Waals surface area contributed by atoms with Gasteiger partial charge in [0.2, 0.25) is 0 Å². The number of benzene rings is 1. The smallest absolute Gasteiger partial charge is 0.0206 e. The lowest BCUT2D eigenvalue weighted by Gasteiger charge is -2.28. The van der Waals surface area contributed by atoms with E-state index >= 15 is 0 Å². The van der Waals surface area contributed by atoms with E-state index in [0.29, 0.717) is 6.04 Å². The summed E-state index contributed by atoms with van der Waals surface area (Å²) in [5.74, 6) is 0.738. The van der Waals surface area contributed by atoms with Crippen molar-refractivity contribution in [2.75, 3.05) is 19.6 Å². The summed E-state index contributed by atoms with van der Waals surface area (Å²) in [6.45, 7) is 13.5. The first kappa shape index (κ1) is 15.2. The van der Waals surface area contributed by atoms with Crippen molar-refractivity contribution in [1.82, 2.24) is 10.2 Å². The van der Waals surface area contributed by atoms with Crippen LogP contribution in [0.1, 0.15) is 33.3 Å². The summed E-state index contributed by atoms with van der Waals surface area (Å²) in [5, 5.41) is 3.52. The average Bonchev–Trinajstić information content (AvgIpc) is 2.33. The summed E-state index contributed by atoms with van der Waals surface area (Å²) in [6, 6.07) is 11.2. The average molecular weight is 248 g/mol. The fourth-order valence-electron chi connectivity index (χ4n) is 2.08. The standard InChI is InChI=1S/C16H28N2/c1-14(2)13-18(15(3)4)11-10-17-12-16-8-6-5-7-9-16/h5-9,14-15,17H,10-13H2,1-4H3. The summed E-state index contributed by atoms with van der Waals surface area (Å²) in [5.41, 5.74) is 1.36. The van der Waals surface area contributed by atoms with Crippen LogP contribution in [0.4, 0.5) is 0 Å². The van der Waals surface area contributed by atoms with Crippen LogP contribution in [0.5, 0.6) is 0 Å². The van der Waals surface area contributed by atoms with E-state index in [-0.39, 0.29) is 0 Å². The van der Waals surface area contributed by atoms with Crippen LogP contribution in [0.2, 0.25) is 0 Å². The van der Waals surface area contributed by atoms with Gasteiger partial charge >= 0.3 is 0 Å². The Morgan fingerprint density at radius 3 is 2.28 bits per heavy atom. The number of nitrogens with one attached hydrogen (secondary N) is 1. The molecule has 0 spiro atoms. The van der Waals surface area contributed by atoms with Gasteiger partial charge in [0.1, 0.15) is 0 Å². The fraction of sp³-hybridized carbons (Fsp3) is 0.625. The van der Waals surface area contributed by atoms with E-state index in [1.807, 2.05) is 0 Å². The van der Waals surface area contributed by atoms with Gasteiger partial charge in [0, 0.05) is 32.2 Å². The molecule has 0 saturated heterocycles. The topological polar surface area (TPSA) is 15.3 Å². The van der Waals surface area contributed by atoms with Gasteiger partial charge in [-0.15, -0.1) is 0 Å². The highest BCUT2D eigenvalue weighted by Crippen LogP contribution is 2.03. The molecule has 0 atom stereocenters. The van der Waals surface area contributed by atoms with E-state index in [1.165, 1.54) is 12.1 Å². The van der Waals surface area contributed by atoms with Crippen LogP contribution in [0.15, 0.2) is 30.3 Å². The quantitative estimate of drug-likeness (QED) is 0.711. The normalized spacial score (nSPS) is 11.7. The zero-order valence-corrected chi connectivity index (χ0v) is 12.3. The Morgan fingerprint density at radius 1 is 1.06 bits per heavy atom. The van der Waals surface area contributed by atoms with Crippen molar-refractivity contribution in [3.8, 4) is 0 Å². The Hall–Kier alpha value is -0.860. The van der Waals surface area contributed by atoms with Crippen molar-refractivity contribution in [2.45, 2.75) is 40.3 Å². The Bertz CT molecular complexity index is 306. The number of rotatable bonds is 8. The van der Waals surface area contributed by atoms with Crippen LogP contribution in [0.25, 0.3) is 0 Å². The maximum atomic E-state index is 3.52. The highest BCUT2D eigenvalue weighted by molar-refractivity contribution is 5.14. The Kier molecular flexibility index (Phi) is 6.99. The number of hydrogen-bond donors (Lipinski definition) is 1. The molecule has 0 aliphatic rings. The number of nitrogens with zero attached hydrogens (tertiary/aromatic N) is 1. The predicted octanol–water partition coefficient (Wildman–Crippen LogP) is 3.14. The second kappa shape index (κ2) is 8.28. The molecule has 0 amide bonds. The van der Waals surface area contributed by atoms with Crippen molar-refractivity contribution in [1.29, 1.82) is 0 Å². The van der Waals surface area contributed by atoms with Gasteiger partial charge in [-0.25, -0.2) is 0 Å². The highest BCUT2D eigenvalue weighted by Gasteiger charge is 2.10. The lowest BCUT2D eigenvalue weighted by atomic mass is 10.2. The van der Waals surface area contributed by atoms with Gasteiger partial charge in [0.15, 0.2) is 0 Å². The molecule has 0 bridgehead atoms. The summed E-state index contributed by atoms with van der Waals surface area (Å²) in [7, 11) is 0. The molecule has 0 radical (unpaired) electrons. The van der Waals surface area contributed by atoms with E-state index in [0.717, 1.165) is 25.6 Å². The molecule has 1 aromatic carbocycles. The summed E-state index contributed by atoms with van der Waals surface area (Å²) >= 11 is 0. The summed E-state index contributed by atoms with van der Waals surface area (Å²) in [4.78, 5) is 2.54. The van der Waals surface area contributed by atoms with Crippen molar-refractivity contribution in [2.24, 2.45) is 5.92 Å². The molecule has 0 aliphatic heterocycles. The van der Waals surface area contributed by atoms with Gasteiger partial charge in [-0.05, 0) is 25.3 Å². The zero-order valence-electron chi connectivity index (χ0n) is 12.3. The third kappa shape index (κ3) is 6.18. The Labute approximate surface area is 112 Å². The zero-order chi connectivity index (χ0) is 13.4. The first-order valence-corrected chi connectivity index (χ1v) is 7.08. The number of hydrogen-bond acceptors (Lipinski definition) is 2. The maximum absolute atomic E-state index is 3.52. The monoisotopic (exact) mass is 248 g/mol. The summed E-state index contributed by atoms with van der Waals surface area (Å²) in [6.07, 6.45) is 0. The Morgan fingerprint density at radius 2 is 1.72 bits per heavy atom. The molecule has 1 aromatic rings. The van der Waals surface area contributed by atoms with E-state index in [2.05, 4.69) is 68.2 Å². The third-order valence-corrected chi connectivity index (χ3v) is 3.08. The molecule has 0 aliphatic carbocycles. The van der Waals surface area contributed by atoms with Crippen LogP contribution in [0.3, 0.4) is 0 Å². The van der Waals surface area contributed by atoms with Crippen molar-refractivity contribution < 1.29 is 0 Å². The molecule has 0 aromatic heterocycles. The molecular formula is C16H28N2. The van der Waals surface area contributed by atoms with Crippen LogP contribution in [0, 0.1) is 5.92 Å². The van der Waals surface area contributed by atoms with Crippen molar-refractivity contribution in [3.05, 3.63) is 35.9 Å². The van der Waals surface area contributed by atoms with Gasteiger partial charge < -0.3 is 5.32 Å². The second-order valence-corrected chi connectivity index (χ2v) is 5.64. The van der Waals surface area contributed by atoms with E-state index in [1.54, 1.807) is 0 Å². The summed E-state index contributed by atoms with van der Waals surface area (Å²) < 4.78 is 0. The second-order valence-electron chi connectivity index (χ2n) is 5.64. The molecule has 102 valence electrons. The molecule has 18 heavy (non-hydrogen) atoms. The van der Waals surface area contributed by atoms with Gasteiger partial charge in [-0.3, -0.25) is 4.90 Å². The molecule has 1 N–H and O–H groups in total. The van der Waals surface area contributed by atoms with Gasteiger partial charge in [0.05, 0.1) is 0 Å². The van der Waals surface area contributed by atoms with Crippen molar-refractivity contribution >= 4 is 0 Å².